The predicted molar refractivity (Wildman–Crippen MR) is 111 cm³/mol. The highest BCUT2D eigenvalue weighted by Gasteiger charge is 2.20. The van der Waals surface area contributed by atoms with Gasteiger partial charge in [0.2, 0.25) is 5.95 Å². The van der Waals surface area contributed by atoms with Crippen molar-refractivity contribution in [3.63, 3.8) is 0 Å². The van der Waals surface area contributed by atoms with Gasteiger partial charge in [0.1, 0.15) is 11.3 Å². The van der Waals surface area contributed by atoms with Gasteiger partial charge in [-0.25, -0.2) is 9.97 Å². The quantitative estimate of drug-likeness (QED) is 0.632. The van der Waals surface area contributed by atoms with Crippen molar-refractivity contribution in [2.24, 2.45) is 0 Å². The zero-order valence-corrected chi connectivity index (χ0v) is 17.0. The number of halogens is 1. The van der Waals surface area contributed by atoms with E-state index >= 15 is 0 Å². The largest absolute Gasteiger partial charge is 0.348 e. The van der Waals surface area contributed by atoms with Crippen LogP contribution in [-0.4, -0.2) is 26.5 Å². The molecule has 3 heterocycles. The lowest BCUT2D eigenvalue weighted by Crippen LogP contribution is -2.36. The molecule has 0 aliphatic heterocycles. The normalized spacial score (nSPS) is 15.2. The molecule has 0 radical (unpaired) electrons. The fraction of sp³-hybridized carbons (Fsp3) is 0.435. The first-order valence-corrected chi connectivity index (χ1v) is 10.4. The smallest absolute Gasteiger partial charge is 0.270 e. The van der Waals surface area contributed by atoms with E-state index in [0.717, 1.165) is 47.8 Å². The predicted octanol–water partition coefficient (Wildman–Crippen LogP) is 4.80. The minimum atomic E-state index is -0.497. The summed E-state index contributed by atoms with van der Waals surface area (Å²) in [7, 11) is 0. The van der Waals surface area contributed by atoms with E-state index in [0.29, 0.717) is 12.1 Å². The number of fused-ring (bicyclic) bond motifs is 1. The number of hydrogen-bond donors (Lipinski definition) is 1. The van der Waals surface area contributed by atoms with Gasteiger partial charge < -0.3 is 9.88 Å². The third kappa shape index (κ3) is 4.31. The van der Waals surface area contributed by atoms with Crippen LogP contribution in [0.25, 0.3) is 11.0 Å². The van der Waals surface area contributed by atoms with Gasteiger partial charge in [-0.05, 0) is 68.5 Å². The maximum atomic E-state index is 13.6. The fourth-order valence-electron chi connectivity index (χ4n) is 4.15. The van der Waals surface area contributed by atoms with E-state index < -0.39 is 5.95 Å². The second-order valence-electron chi connectivity index (χ2n) is 8.19. The van der Waals surface area contributed by atoms with Crippen LogP contribution in [0.3, 0.4) is 0 Å². The van der Waals surface area contributed by atoms with Crippen molar-refractivity contribution in [3.05, 3.63) is 59.4 Å². The van der Waals surface area contributed by atoms with E-state index in [2.05, 4.69) is 28.7 Å². The van der Waals surface area contributed by atoms with Crippen molar-refractivity contribution in [2.45, 2.75) is 64.5 Å². The van der Waals surface area contributed by atoms with Crippen LogP contribution in [0.15, 0.2) is 36.7 Å². The van der Waals surface area contributed by atoms with Gasteiger partial charge in [-0.15, -0.1) is 0 Å². The fourth-order valence-corrected chi connectivity index (χ4v) is 4.15. The lowest BCUT2D eigenvalue weighted by Gasteiger charge is -2.22. The molecule has 1 aliphatic carbocycles. The van der Waals surface area contributed by atoms with Gasteiger partial charge in [-0.1, -0.05) is 19.3 Å². The van der Waals surface area contributed by atoms with Gasteiger partial charge >= 0.3 is 0 Å². The van der Waals surface area contributed by atoms with Crippen LogP contribution in [0.5, 0.6) is 0 Å². The number of rotatable bonds is 5. The van der Waals surface area contributed by atoms with Crippen molar-refractivity contribution in [1.82, 2.24) is 19.9 Å². The molecule has 0 atom stereocenters. The number of pyridine rings is 2. The van der Waals surface area contributed by atoms with Crippen molar-refractivity contribution in [2.75, 3.05) is 0 Å². The minimum absolute atomic E-state index is 0.127. The Morgan fingerprint density at radius 2 is 2.03 bits per heavy atom. The monoisotopic (exact) mass is 394 g/mol. The number of nitrogens with zero attached hydrogens (tertiary/aromatic N) is 3. The third-order valence-corrected chi connectivity index (χ3v) is 5.69. The van der Waals surface area contributed by atoms with Gasteiger partial charge in [-0.2, -0.15) is 4.39 Å². The zero-order valence-electron chi connectivity index (χ0n) is 17.0. The molecule has 3 aromatic heterocycles. The molecule has 4 rings (SSSR count). The summed E-state index contributed by atoms with van der Waals surface area (Å²) >= 11 is 0. The number of amides is 1. The van der Waals surface area contributed by atoms with E-state index in [1.54, 1.807) is 6.07 Å². The first-order chi connectivity index (χ1) is 14.0. The van der Waals surface area contributed by atoms with E-state index in [1.165, 1.54) is 18.7 Å². The lowest BCUT2D eigenvalue weighted by atomic mass is 9.95. The highest BCUT2D eigenvalue weighted by molar-refractivity contribution is 5.95. The van der Waals surface area contributed by atoms with E-state index in [1.807, 2.05) is 18.3 Å². The molecule has 0 saturated heterocycles. The van der Waals surface area contributed by atoms with Crippen LogP contribution in [0.1, 0.15) is 73.6 Å². The van der Waals surface area contributed by atoms with E-state index in [4.69, 9.17) is 4.98 Å². The Morgan fingerprint density at radius 1 is 1.24 bits per heavy atom. The topological polar surface area (TPSA) is 59.8 Å². The lowest BCUT2D eigenvalue weighted by molar-refractivity contribution is 0.0923. The summed E-state index contributed by atoms with van der Waals surface area (Å²) < 4.78 is 15.6. The Balaban J connectivity index is 1.71. The van der Waals surface area contributed by atoms with Crippen molar-refractivity contribution < 1.29 is 9.18 Å². The van der Waals surface area contributed by atoms with Gasteiger partial charge in [-0.3, -0.25) is 4.79 Å². The van der Waals surface area contributed by atoms with Crippen LogP contribution in [0.2, 0.25) is 0 Å². The molecule has 1 fully saturated rings. The average molecular weight is 394 g/mol. The number of carbonyl (C=O) groups is 1. The Bertz CT molecular complexity index is 1020. The summed E-state index contributed by atoms with van der Waals surface area (Å²) in [5.41, 5.74) is 3.00. The van der Waals surface area contributed by atoms with E-state index in [9.17, 15) is 9.18 Å². The molecule has 1 aliphatic rings. The molecule has 5 nitrogen and oxygen atoms in total. The molecule has 152 valence electrons. The summed E-state index contributed by atoms with van der Waals surface area (Å²) in [6, 6.07) is 7.57. The first kappa shape index (κ1) is 19.6. The molecular weight excluding hydrogens is 367 g/mol. The summed E-state index contributed by atoms with van der Waals surface area (Å²) in [4.78, 5) is 21.3. The summed E-state index contributed by atoms with van der Waals surface area (Å²) in [5.74, 6) is -0.625. The Kier molecular flexibility index (Phi) is 5.60. The number of aromatic nitrogens is 3. The molecule has 3 aromatic rings. The standard InChI is InChI=1S/C23H27FN4O/c1-15(2)28-11-9-19-17(12-16-8-10-25-21(24)13-16)14-20(27-22(19)28)23(29)26-18-6-4-3-5-7-18/h8-11,13-15,18H,3-7,12H2,1-2H3,(H,26,29). The number of nitrogens with one attached hydrogen (secondary N) is 1. The molecule has 1 N–H and O–H groups in total. The highest BCUT2D eigenvalue weighted by atomic mass is 19.1. The zero-order chi connectivity index (χ0) is 20.4. The molecular formula is C23H27FN4O. The number of carbonyl (C=O) groups excluding carboxylic acids is 1. The highest BCUT2D eigenvalue weighted by Crippen LogP contribution is 2.25. The van der Waals surface area contributed by atoms with Gasteiger partial charge in [0.15, 0.2) is 0 Å². The SMILES string of the molecule is CC(C)n1ccc2c(Cc3ccnc(F)c3)cc(C(=O)NC3CCCCC3)nc21. The number of hydrogen-bond acceptors (Lipinski definition) is 3. The van der Waals surface area contributed by atoms with E-state index in [-0.39, 0.29) is 18.0 Å². The maximum absolute atomic E-state index is 13.6. The molecule has 0 aromatic carbocycles. The minimum Gasteiger partial charge on any atom is -0.348 e. The molecule has 0 bridgehead atoms. The molecule has 0 spiro atoms. The Hall–Kier alpha value is -2.76. The van der Waals surface area contributed by atoms with Crippen molar-refractivity contribution in [1.29, 1.82) is 0 Å². The molecule has 1 saturated carbocycles. The maximum Gasteiger partial charge on any atom is 0.270 e. The summed E-state index contributed by atoms with van der Waals surface area (Å²) in [5, 5.41) is 4.15. The summed E-state index contributed by atoms with van der Waals surface area (Å²) in [6.45, 7) is 4.18. The van der Waals surface area contributed by atoms with Crippen LogP contribution in [0, 0.1) is 5.95 Å². The second kappa shape index (κ2) is 8.31. The van der Waals surface area contributed by atoms with Gasteiger partial charge in [0.05, 0.1) is 0 Å². The van der Waals surface area contributed by atoms with Crippen LogP contribution in [-0.2, 0) is 6.42 Å². The third-order valence-electron chi connectivity index (χ3n) is 5.69. The van der Waals surface area contributed by atoms with Crippen LogP contribution in [0.4, 0.5) is 4.39 Å². The van der Waals surface area contributed by atoms with Crippen molar-refractivity contribution >= 4 is 16.9 Å². The summed E-state index contributed by atoms with van der Waals surface area (Å²) in [6.07, 6.45) is 9.61. The molecule has 29 heavy (non-hydrogen) atoms. The molecule has 1 amide bonds. The van der Waals surface area contributed by atoms with Gasteiger partial charge in [0, 0.05) is 29.9 Å². The van der Waals surface area contributed by atoms with Gasteiger partial charge in [0.25, 0.3) is 5.91 Å². The van der Waals surface area contributed by atoms with Crippen LogP contribution < -0.4 is 5.32 Å². The second-order valence-corrected chi connectivity index (χ2v) is 8.19. The van der Waals surface area contributed by atoms with Crippen molar-refractivity contribution in [3.8, 4) is 0 Å². The average Bonchev–Trinajstić information content (AvgIpc) is 3.13. The Labute approximate surface area is 170 Å². The molecule has 0 unspecified atom stereocenters. The Morgan fingerprint density at radius 3 is 2.76 bits per heavy atom. The van der Waals surface area contributed by atoms with Crippen LogP contribution >= 0.6 is 0 Å². The molecule has 6 heteroatoms. The first-order valence-electron chi connectivity index (χ1n) is 10.4.